The second-order valence-corrected chi connectivity index (χ2v) is 4.49. The lowest BCUT2D eigenvalue weighted by Crippen LogP contribution is -2.53. The molecule has 0 aromatic carbocycles. The molecule has 2 unspecified atom stereocenters. The molecule has 0 saturated carbocycles. The minimum absolute atomic E-state index is 0.0145. The number of amides is 1. The van der Waals surface area contributed by atoms with E-state index in [0.717, 1.165) is 12.8 Å². The Morgan fingerprint density at radius 2 is 2.12 bits per heavy atom. The Hall–Kier alpha value is -0.610. The first-order valence-corrected chi connectivity index (χ1v) is 6.16. The maximum Gasteiger partial charge on any atom is 0.226 e. The maximum absolute atomic E-state index is 12.2. The van der Waals surface area contributed by atoms with E-state index in [1.807, 2.05) is 25.7 Å². The van der Waals surface area contributed by atoms with Crippen LogP contribution in [0.4, 0.5) is 0 Å². The molecule has 94 valence electrons. The molecule has 1 amide bonds. The van der Waals surface area contributed by atoms with Crippen molar-refractivity contribution in [2.75, 3.05) is 19.8 Å². The maximum atomic E-state index is 12.2. The van der Waals surface area contributed by atoms with E-state index in [1.54, 1.807) is 0 Å². The number of aliphatic hydroxyl groups is 1. The van der Waals surface area contributed by atoms with Crippen LogP contribution in [0.2, 0.25) is 0 Å². The van der Waals surface area contributed by atoms with Crippen molar-refractivity contribution in [3.8, 4) is 0 Å². The molecule has 1 aliphatic heterocycles. The van der Waals surface area contributed by atoms with Crippen LogP contribution in [0.5, 0.6) is 0 Å². The Labute approximate surface area is 97.6 Å². The molecule has 4 nitrogen and oxygen atoms in total. The van der Waals surface area contributed by atoms with Gasteiger partial charge in [-0.2, -0.15) is 0 Å². The highest BCUT2D eigenvalue weighted by atomic mass is 16.5. The van der Waals surface area contributed by atoms with Crippen LogP contribution in [0.15, 0.2) is 0 Å². The van der Waals surface area contributed by atoms with Gasteiger partial charge in [-0.25, -0.2) is 0 Å². The van der Waals surface area contributed by atoms with E-state index in [9.17, 15) is 4.79 Å². The second kappa shape index (κ2) is 6.21. The van der Waals surface area contributed by atoms with Gasteiger partial charge >= 0.3 is 0 Å². The fourth-order valence-electron chi connectivity index (χ4n) is 2.11. The smallest absolute Gasteiger partial charge is 0.226 e. The van der Waals surface area contributed by atoms with Gasteiger partial charge in [0.2, 0.25) is 5.91 Å². The number of carbonyl (C=O) groups excluding carboxylic acids is 1. The molecule has 0 radical (unpaired) electrons. The zero-order chi connectivity index (χ0) is 12.1. The molecule has 16 heavy (non-hydrogen) atoms. The van der Waals surface area contributed by atoms with E-state index in [-0.39, 0.29) is 30.6 Å². The van der Waals surface area contributed by atoms with Crippen molar-refractivity contribution in [2.24, 2.45) is 5.92 Å². The van der Waals surface area contributed by atoms with Crippen LogP contribution in [0.3, 0.4) is 0 Å². The zero-order valence-corrected chi connectivity index (χ0v) is 10.5. The second-order valence-electron chi connectivity index (χ2n) is 4.49. The summed E-state index contributed by atoms with van der Waals surface area (Å²) in [6.45, 7) is 7.11. The molecule has 4 heteroatoms. The summed E-state index contributed by atoms with van der Waals surface area (Å²) in [6, 6.07) is 0.121. The van der Waals surface area contributed by atoms with E-state index in [4.69, 9.17) is 9.84 Å². The standard InChI is InChI=1S/C12H23NO3/c1-4-10(5-2)12(15)13-6-11(7-14)16-8-9(13)3/h9-11,14H,4-8H2,1-3H3. The van der Waals surface area contributed by atoms with Crippen molar-refractivity contribution in [3.05, 3.63) is 0 Å². The molecule has 0 spiro atoms. The number of carbonyl (C=O) groups is 1. The molecule has 0 aromatic heterocycles. The highest BCUT2D eigenvalue weighted by Gasteiger charge is 2.31. The lowest BCUT2D eigenvalue weighted by molar-refractivity contribution is -0.150. The average Bonchev–Trinajstić information content (AvgIpc) is 2.31. The van der Waals surface area contributed by atoms with Crippen molar-refractivity contribution >= 4 is 5.91 Å². The number of nitrogens with zero attached hydrogens (tertiary/aromatic N) is 1. The summed E-state index contributed by atoms with van der Waals surface area (Å²) in [5, 5.41) is 9.07. The van der Waals surface area contributed by atoms with Crippen LogP contribution in [-0.2, 0) is 9.53 Å². The molecular formula is C12H23NO3. The van der Waals surface area contributed by atoms with Gasteiger partial charge in [0.1, 0.15) is 0 Å². The third-order valence-corrected chi connectivity index (χ3v) is 3.33. The van der Waals surface area contributed by atoms with E-state index >= 15 is 0 Å². The van der Waals surface area contributed by atoms with Crippen LogP contribution >= 0.6 is 0 Å². The van der Waals surface area contributed by atoms with Gasteiger partial charge < -0.3 is 14.7 Å². The SMILES string of the molecule is CCC(CC)C(=O)N1CC(CO)OCC1C. The van der Waals surface area contributed by atoms with Gasteiger partial charge in [-0.05, 0) is 19.8 Å². The quantitative estimate of drug-likeness (QED) is 0.783. The van der Waals surface area contributed by atoms with Gasteiger partial charge in [-0.1, -0.05) is 13.8 Å². The third-order valence-electron chi connectivity index (χ3n) is 3.33. The van der Waals surface area contributed by atoms with Crippen LogP contribution in [-0.4, -0.2) is 47.8 Å². The lowest BCUT2D eigenvalue weighted by Gasteiger charge is -2.39. The van der Waals surface area contributed by atoms with Crippen LogP contribution < -0.4 is 0 Å². The largest absolute Gasteiger partial charge is 0.394 e. The summed E-state index contributed by atoms with van der Waals surface area (Å²) >= 11 is 0. The number of rotatable bonds is 4. The first kappa shape index (κ1) is 13.5. The average molecular weight is 229 g/mol. The summed E-state index contributed by atoms with van der Waals surface area (Å²) in [4.78, 5) is 14.1. The third kappa shape index (κ3) is 2.95. The predicted molar refractivity (Wildman–Crippen MR) is 62.1 cm³/mol. The fourth-order valence-corrected chi connectivity index (χ4v) is 2.11. The molecule has 0 aliphatic carbocycles. The summed E-state index contributed by atoms with van der Waals surface area (Å²) < 4.78 is 5.42. The lowest BCUT2D eigenvalue weighted by atomic mass is 10.00. The van der Waals surface area contributed by atoms with E-state index in [0.29, 0.717) is 13.2 Å². The van der Waals surface area contributed by atoms with Crippen LogP contribution in [0.1, 0.15) is 33.6 Å². The number of aliphatic hydroxyl groups excluding tert-OH is 1. The molecule has 1 N–H and O–H groups in total. The van der Waals surface area contributed by atoms with Crippen molar-refractivity contribution in [1.82, 2.24) is 4.90 Å². The van der Waals surface area contributed by atoms with Gasteiger partial charge in [0.25, 0.3) is 0 Å². The van der Waals surface area contributed by atoms with Gasteiger partial charge in [0, 0.05) is 12.5 Å². The Bertz CT molecular complexity index is 228. The molecule has 0 aromatic rings. The van der Waals surface area contributed by atoms with Crippen molar-refractivity contribution in [1.29, 1.82) is 0 Å². The van der Waals surface area contributed by atoms with E-state index in [1.165, 1.54) is 0 Å². The fraction of sp³-hybridized carbons (Fsp3) is 0.917. The summed E-state index contributed by atoms with van der Waals surface area (Å²) in [6.07, 6.45) is 1.54. The van der Waals surface area contributed by atoms with E-state index in [2.05, 4.69) is 0 Å². The summed E-state index contributed by atoms with van der Waals surface area (Å²) in [5.41, 5.74) is 0. The number of hydrogen-bond acceptors (Lipinski definition) is 3. The molecular weight excluding hydrogens is 206 g/mol. The molecule has 1 rings (SSSR count). The van der Waals surface area contributed by atoms with Crippen molar-refractivity contribution in [3.63, 3.8) is 0 Å². The normalized spacial score (nSPS) is 26.2. The molecule has 1 fully saturated rings. The number of ether oxygens (including phenoxy) is 1. The predicted octanol–water partition coefficient (Wildman–Crippen LogP) is 1.03. The zero-order valence-electron chi connectivity index (χ0n) is 10.5. The molecule has 1 aliphatic rings. The van der Waals surface area contributed by atoms with Gasteiger partial charge in [-0.15, -0.1) is 0 Å². The molecule has 1 saturated heterocycles. The Balaban J connectivity index is 2.64. The van der Waals surface area contributed by atoms with Gasteiger partial charge in [0.05, 0.1) is 25.4 Å². The first-order chi connectivity index (χ1) is 7.63. The highest BCUT2D eigenvalue weighted by Crippen LogP contribution is 2.18. The Kier molecular flexibility index (Phi) is 5.22. The van der Waals surface area contributed by atoms with Crippen LogP contribution in [0.25, 0.3) is 0 Å². The van der Waals surface area contributed by atoms with E-state index < -0.39 is 0 Å². The first-order valence-electron chi connectivity index (χ1n) is 6.16. The molecule has 0 bridgehead atoms. The minimum Gasteiger partial charge on any atom is -0.394 e. The summed E-state index contributed by atoms with van der Waals surface area (Å²) in [7, 11) is 0. The van der Waals surface area contributed by atoms with Crippen molar-refractivity contribution in [2.45, 2.75) is 45.8 Å². The van der Waals surface area contributed by atoms with Gasteiger partial charge in [-0.3, -0.25) is 4.79 Å². The van der Waals surface area contributed by atoms with Crippen LogP contribution in [0, 0.1) is 5.92 Å². The molecule has 1 heterocycles. The monoisotopic (exact) mass is 229 g/mol. The highest BCUT2D eigenvalue weighted by molar-refractivity contribution is 5.79. The van der Waals surface area contributed by atoms with Gasteiger partial charge in [0.15, 0.2) is 0 Å². The summed E-state index contributed by atoms with van der Waals surface area (Å²) in [5.74, 6) is 0.319. The number of morpholine rings is 1. The Morgan fingerprint density at radius 1 is 1.50 bits per heavy atom. The molecule has 2 atom stereocenters. The minimum atomic E-state index is -0.213. The van der Waals surface area contributed by atoms with Crippen molar-refractivity contribution < 1.29 is 14.6 Å². The Morgan fingerprint density at radius 3 is 2.62 bits per heavy atom. The topological polar surface area (TPSA) is 49.8 Å². The number of hydrogen-bond donors (Lipinski definition) is 1.